The fraction of sp³-hybridized carbons (Fsp3) is 0.571. The summed E-state index contributed by atoms with van der Waals surface area (Å²) in [6.45, 7) is 11.4. The lowest BCUT2D eigenvalue weighted by atomic mass is 9.43. The summed E-state index contributed by atoms with van der Waals surface area (Å²) < 4.78 is 13.4. The van der Waals surface area contributed by atoms with E-state index in [-0.39, 0.29) is 54.3 Å². The first-order valence-electron chi connectivity index (χ1n) is 16.2. The first kappa shape index (κ1) is 30.8. The highest BCUT2D eigenvalue weighted by Crippen LogP contribution is 2.65. The molecule has 2 aromatic rings. The molecule has 0 spiro atoms. The molecular formula is C35H46BN3O5. The summed E-state index contributed by atoms with van der Waals surface area (Å²) in [5, 5.41) is 10.6. The largest absolute Gasteiger partial charge is 0.481 e. The molecule has 44 heavy (non-hydrogen) atoms. The molecule has 2 heterocycles. The van der Waals surface area contributed by atoms with Crippen LogP contribution in [0.15, 0.2) is 65.8 Å². The van der Waals surface area contributed by atoms with Crippen molar-refractivity contribution in [2.24, 2.45) is 28.3 Å². The Hall–Kier alpha value is -3.17. The number of carbonyl (C=O) groups is 2. The standard InChI is InChI=1S/C35H46BN3O5/c1-23(2)16-30(36-42-29-19-26-18-28(33(26,3)4)34(29,5)43-36)38-32(41)35(20-25-14-10-7-11-15-25)21-27(39-44-35)22-37-31(40)17-24-12-8-6-9-13-24/h6-15,23,26,28-30H,16-22H2,1-5H3,(H,37,40)(H,38,41)/t26-,28-,29+,30-,34-,35?/m0/s1. The molecule has 2 bridgehead atoms. The molecule has 2 aromatic carbocycles. The Morgan fingerprint density at radius 1 is 1.00 bits per heavy atom. The summed E-state index contributed by atoms with van der Waals surface area (Å²) in [7, 11) is -0.528. The number of rotatable bonds is 11. The zero-order valence-electron chi connectivity index (χ0n) is 26.7. The Balaban J connectivity index is 1.16. The van der Waals surface area contributed by atoms with Crippen molar-refractivity contribution >= 4 is 24.6 Å². The lowest BCUT2D eigenvalue weighted by Crippen LogP contribution is -2.65. The zero-order valence-corrected chi connectivity index (χ0v) is 26.7. The van der Waals surface area contributed by atoms with Crippen molar-refractivity contribution in [3.63, 3.8) is 0 Å². The van der Waals surface area contributed by atoms with Crippen molar-refractivity contribution in [3.05, 3.63) is 71.8 Å². The Morgan fingerprint density at radius 3 is 2.34 bits per heavy atom. The van der Waals surface area contributed by atoms with Gasteiger partial charge in [0.05, 0.1) is 36.3 Å². The van der Waals surface area contributed by atoms with Gasteiger partial charge in [0.2, 0.25) is 11.5 Å². The molecule has 1 unspecified atom stereocenters. The van der Waals surface area contributed by atoms with E-state index < -0.39 is 12.7 Å². The molecule has 8 nitrogen and oxygen atoms in total. The third-order valence-corrected chi connectivity index (χ3v) is 10.6. The van der Waals surface area contributed by atoms with E-state index in [0.717, 1.165) is 17.5 Å². The Bertz CT molecular complexity index is 1390. The van der Waals surface area contributed by atoms with E-state index in [9.17, 15) is 9.59 Å². The number of hydrogen-bond acceptors (Lipinski definition) is 6. The van der Waals surface area contributed by atoms with Gasteiger partial charge in [-0.25, -0.2) is 0 Å². The molecule has 4 fully saturated rings. The molecule has 7 rings (SSSR count). The molecule has 3 aliphatic carbocycles. The van der Waals surface area contributed by atoms with Gasteiger partial charge in [0.25, 0.3) is 5.91 Å². The van der Waals surface area contributed by atoms with Crippen LogP contribution in [0.2, 0.25) is 0 Å². The Labute approximate surface area is 261 Å². The van der Waals surface area contributed by atoms with Crippen LogP contribution in [0.25, 0.3) is 0 Å². The van der Waals surface area contributed by atoms with Gasteiger partial charge >= 0.3 is 7.12 Å². The number of hydrogen-bond donors (Lipinski definition) is 2. The number of amides is 2. The maximum absolute atomic E-state index is 14.3. The SMILES string of the molecule is CC(C)C[C@H](NC(=O)C1(Cc2ccccc2)CC(CNC(=O)Cc2ccccc2)=NO1)B1O[C@@H]2C[C@@H]3C[C@@H](C3(C)C)[C@]2(C)O1. The second kappa shape index (κ2) is 12.0. The first-order chi connectivity index (χ1) is 21.0. The van der Waals surface area contributed by atoms with E-state index in [1.807, 2.05) is 60.7 Å². The average molecular weight is 600 g/mol. The van der Waals surface area contributed by atoms with Crippen molar-refractivity contribution in [1.29, 1.82) is 0 Å². The highest BCUT2D eigenvalue weighted by molar-refractivity contribution is 6.48. The van der Waals surface area contributed by atoms with E-state index in [4.69, 9.17) is 14.1 Å². The lowest BCUT2D eigenvalue weighted by molar-refractivity contribution is -0.199. The molecule has 2 amide bonds. The van der Waals surface area contributed by atoms with E-state index in [1.54, 1.807) is 0 Å². The second-order valence-corrected chi connectivity index (χ2v) is 14.6. The van der Waals surface area contributed by atoms with Gasteiger partial charge in [0, 0.05) is 12.8 Å². The molecule has 234 valence electrons. The van der Waals surface area contributed by atoms with Crippen LogP contribution >= 0.6 is 0 Å². The third kappa shape index (κ3) is 5.93. The highest BCUT2D eigenvalue weighted by atomic mass is 16.7. The molecule has 3 saturated carbocycles. The van der Waals surface area contributed by atoms with Crippen LogP contribution in [-0.2, 0) is 36.6 Å². The molecule has 2 N–H and O–H groups in total. The smallest absolute Gasteiger partial charge is 0.404 e. The maximum Gasteiger partial charge on any atom is 0.481 e. The number of benzene rings is 2. The normalized spacial score (nSPS) is 30.5. The van der Waals surface area contributed by atoms with Gasteiger partial charge in [-0.1, -0.05) is 93.5 Å². The summed E-state index contributed by atoms with van der Waals surface area (Å²) >= 11 is 0. The van der Waals surface area contributed by atoms with Gasteiger partial charge in [-0.15, -0.1) is 0 Å². The number of carbonyl (C=O) groups excluding carboxylic acids is 2. The third-order valence-electron chi connectivity index (χ3n) is 10.6. The maximum atomic E-state index is 14.3. The predicted molar refractivity (Wildman–Crippen MR) is 171 cm³/mol. The summed E-state index contributed by atoms with van der Waals surface area (Å²) in [4.78, 5) is 33.0. The van der Waals surface area contributed by atoms with Crippen LogP contribution in [0.4, 0.5) is 0 Å². The van der Waals surface area contributed by atoms with E-state index in [1.165, 1.54) is 6.42 Å². The van der Waals surface area contributed by atoms with Crippen LogP contribution in [-0.4, -0.2) is 54.4 Å². The Morgan fingerprint density at radius 2 is 1.68 bits per heavy atom. The van der Waals surface area contributed by atoms with Crippen molar-refractivity contribution < 1.29 is 23.7 Å². The van der Waals surface area contributed by atoms with Crippen LogP contribution in [0, 0.1) is 23.2 Å². The Kier molecular flexibility index (Phi) is 8.39. The van der Waals surface area contributed by atoms with Crippen LogP contribution in [0.1, 0.15) is 71.4 Å². The quantitative estimate of drug-likeness (QED) is 0.358. The van der Waals surface area contributed by atoms with Crippen LogP contribution < -0.4 is 10.6 Å². The van der Waals surface area contributed by atoms with E-state index in [0.29, 0.717) is 36.3 Å². The van der Waals surface area contributed by atoms with Crippen molar-refractivity contribution in [3.8, 4) is 0 Å². The van der Waals surface area contributed by atoms with Crippen molar-refractivity contribution in [2.45, 2.75) is 96.4 Å². The lowest BCUT2D eigenvalue weighted by Gasteiger charge is -2.64. The van der Waals surface area contributed by atoms with Crippen LogP contribution in [0.5, 0.6) is 0 Å². The zero-order chi connectivity index (χ0) is 31.1. The van der Waals surface area contributed by atoms with Gasteiger partial charge in [-0.05, 0) is 60.5 Å². The number of oxime groups is 1. The summed E-state index contributed by atoms with van der Waals surface area (Å²) in [5.74, 6) is 0.724. The summed E-state index contributed by atoms with van der Waals surface area (Å²) in [6, 6.07) is 19.5. The molecule has 6 atom stereocenters. The fourth-order valence-electron chi connectivity index (χ4n) is 8.02. The average Bonchev–Trinajstić information content (AvgIpc) is 3.57. The monoisotopic (exact) mass is 599 g/mol. The van der Waals surface area contributed by atoms with Gasteiger partial charge < -0.3 is 24.8 Å². The molecule has 0 radical (unpaired) electrons. The molecule has 5 aliphatic rings. The first-order valence-corrected chi connectivity index (χ1v) is 16.2. The number of nitrogens with one attached hydrogen (secondary N) is 2. The van der Waals surface area contributed by atoms with Crippen LogP contribution in [0.3, 0.4) is 0 Å². The molecular weight excluding hydrogens is 553 g/mol. The van der Waals surface area contributed by atoms with Gasteiger partial charge in [-0.2, -0.15) is 0 Å². The van der Waals surface area contributed by atoms with E-state index >= 15 is 0 Å². The second-order valence-electron chi connectivity index (χ2n) is 14.6. The van der Waals surface area contributed by atoms with Crippen molar-refractivity contribution in [1.82, 2.24) is 10.6 Å². The van der Waals surface area contributed by atoms with E-state index in [2.05, 4.69) is 50.4 Å². The minimum absolute atomic E-state index is 0.0336. The predicted octanol–water partition coefficient (Wildman–Crippen LogP) is 4.90. The van der Waals surface area contributed by atoms with Gasteiger partial charge in [0.15, 0.2) is 0 Å². The molecule has 2 aliphatic heterocycles. The number of nitrogens with zero attached hydrogens (tertiary/aromatic N) is 1. The minimum Gasteiger partial charge on any atom is -0.404 e. The fourth-order valence-corrected chi connectivity index (χ4v) is 8.02. The van der Waals surface area contributed by atoms with Gasteiger partial charge in [0.1, 0.15) is 0 Å². The highest BCUT2D eigenvalue weighted by Gasteiger charge is 2.68. The van der Waals surface area contributed by atoms with Crippen molar-refractivity contribution in [2.75, 3.05) is 6.54 Å². The van der Waals surface area contributed by atoms with Gasteiger partial charge in [-0.3, -0.25) is 9.59 Å². The summed E-state index contributed by atoms with van der Waals surface area (Å²) in [5.41, 5.74) is 1.18. The molecule has 0 aromatic heterocycles. The topological polar surface area (TPSA) is 98.3 Å². The minimum atomic E-state index is -1.24. The summed E-state index contributed by atoms with van der Waals surface area (Å²) in [6.07, 6.45) is 3.82. The molecule has 9 heteroatoms. The molecule has 1 saturated heterocycles.